The molecule has 0 aromatic heterocycles. The van der Waals surface area contributed by atoms with Crippen LogP contribution in [0.3, 0.4) is 0 Å². The van der Waals surface area contributed by atoms with Crippen LogP contribution in [0.1, 0.15) is 187 Å². The van der Waals surface area contributed by atoms with E-state index in [-0.39, 0.29) is 23.6 Å². The first-order valence-corrected chi connectivity index (χ1v) is 34.2. The van der Waals surface area contributed by atoms with E-state index >= 15 is 0 Å². The smallest absolute Gasteiger partial charge is 0.333 e. The Morgan fingerprint density at radius 2 is 0.944 bits per heavy atom. The van der Waals surface area contributed by atoms with Gasteiger partial charge in [0.2, 0.25) is 0 Å². The van der Waals surface area contributed by atoms with Crippen LogP contribution in [0, 0.1) is 0 Å². The number of hydrogen-bond donors (Lipinski definition) is 0. The van der Waals surface area contributed by atoms with Crippen LogP contribution in [0.25, 0.3) is 44.5 Å². The van der Waals surface area contributed by atoms with Crippen molar-refractivity contribution in [1.29, 1.82) is 0 Å². The van der Waals surface area contributed by atoms with Crippen LogP contribution in [-0.2, 0) is 42.9 Å². The lowest BCUT2D eigenvalue weighted by Crippen LogP contribution is -2.61. The topological polar surface area (TPSA) is 6.48 Å². The third-order valence-corrected chi connectivity index (χ3v) is 21.0. The first kappa shape index (κ1) is 58.5. The standard InChI is InChI=1S/C86H89BN2/c1-9-13-23-58-31-38-64(39-32-58)81(65-40-33-59(34-41-65)24-14-10-2)67-43-47-77-79(55-67)88(78-48-37-61(26-16-12-4)51-72(78)63-29-21-18-22-30-63)80-56-68(62-27-19-17-20-28-62)53-74-71-46-42-66-52-69-54-75-76(86(7,8)50-49-85(75,5)6)57-73(69)82(66)84(71)89(87(77)83(74)80)70-44-35-60(36-45-70)25-15-11-3/h17-22,27-48,51,53-57,81H,9-16,23-26,49-50,52H2,1-8H3. The average molecular weight is 1160 g/mol. The second-order valence-electron chi connectivity index (χ2n) is 28.0. The Balaban J connectivity index is 1.09. The number of benzene rings is 10. The molecule has 0 saturated heterocycles. The summed E-state index contributed by atoms with van der Waals surface area (Å²) in [5.74, 6) is -0.000924. The van der Waals surface area contributed by atoms with E-state index in [9.17, 15) is 0 Å². The summed E-state index contributed by atoms with van der Waals surface area (Å²) in [6.07, 6.45) is 17.1. The maximum absolute atomic E-state index is 2.83. The minimum Gasteiger partial charge on any atom is -0.376 e. The molecule has 0 atom stereocenters. The van der Waals surface area contributed by atoms with Crippen LogP contribution in [0.15, 0.2) is 206 Å². The fourth-order valence-corrected chi connectivity index (χ4v) is 15.8. The summed E-state index contributed by atoms with van der Waals surface area (Å²) in [6.45, 7) is 19.0. The molecule has 446 valence electrons. The van der Waals surface area contributed by atoms with E-state index in [0.29, 0.717) is 0 Å². The minimum absolute atomic E-state index is 0.000924. The van der Waals surface area contributed by atoms with Crippen molar-refractivity contribution in [3.63, 3.8) is 0 Å². The Bertz CT molecular complexity index is 4160. The first-order valence-electron chi connectivity index (χ1n) is 34.2. The molecule has 4 aliphatic rings. The van der Waals surface area contributed by atoms with Crippen LogP contribution in [0.2, 0.25) is 0 Å². The SMILES string of the molecule is CCCCc1ccc(C(c2ccc(CCCC)cc2)c2ccc3c(c2)N(c2ccc(CCCC)cc2-c2ccccc2)c2cc(-c4ccccc4)cc4c2B3N(c2ccc(CCCC)cc2)c2c-4ccc3c2-c2cc4c(cc2C3)C(C)(C)CCC4(C)C)cc1. The van der Waals surface area contributed by atoms with Gasteiger partial charge in [0, 0.05) is 45.4 Å². The van der Waals surface area contributed by atoms with Gasteiger partial charge in [-0.15, -0.1) is 0 Å². The molecule has 3 heteroatoms. The lowest BCUT2D eigenvalue weighted by molar-refractivity contribution is 0.332. The normalized spacial score (nSPS) is 14.7. The predicted molar refractivity (Wildman–Crippen MR) is 383 cm³/mol. The highest BCUT2D eigenvalue weighted by molar-refractivity contribution is 6.93. The van der Waals surface area contributed by atoms with Gasteiger partial charge in [-0.25, -0.2) is 0 Å². The number of anilines is 5. The molecular formula is C86H89BN2. The molecule has 14 rings (SSSR count). The predicted octanol–water partition coefficient (Wildman–Crippen LogP) is 22.2. The van der Waals surface area contributed by atoms with Gasteiger partial charge in [0.15, 0.2) is 0 Å². The maximum Gasteiger partial charge on any atom is 0.333 e. The van der Waals surface area contributed by atoms with Crippen molar-refractivity contribution >= 4 is 46.2 Å². The highest BCUT2D eigenvalue weighted by Crippen LogP contribution is 2.57. The molecule has 0 fully saturated rings. The third kappa shape index (κ3) is 10.8. The van der Waals surface area contributed by atoms with Gasteiger partial charge in [0.05, 0.1) is 5.69 Å². The van der Waals surface area contributed by atoms with Gasteiger partial charge in [-0.2, -0.15) is 0 Å². The third-order valence-electron chi connectivity index (χ3n) is 21.0. The summed E-state index contributed by atoms with van der Waals surface area (Å²) in [5, 5.41) is 0. The molecule has 10 aromatic rings. The Morgan fingerprint density at radius 3 is 1.54 bits per heavy atom. The fourth-order valence-electron chi connectivity index (χ4n) is 15.8. The van der Waals surface area contributed by atoms with E-state index in [1.165, 1.54) is 191 Å². The monoisotopic (exact) mass is 1160 g/mol. The number of rotatable bonds is 19. The Morgan fingerprint density at radius 1 is 0.404 bits per heavy atom. The Labute approximate surface area is 533 Å². The van der Waals surface area contributed by atoms with Crippen LogP contribution in [0.5, 0.6) is 0 Å². The number of fused-ring (bicyclic) bond motifs is 9. The molecule has 0 bridgehead atoms. The van der Waals surface area contributed by atoms with E-state index in [1.807, 2.05) is 0 Å². The van der Waals surface area contributed by atoms with Crippen molar-refractivity contribution in [1.82, 2.24) is 0 Å². The molecule has 0 radical (unpaired) electrons. The average Bonchev–Trinajstić information content (AvgIpc) is 1.59. The van der Waals surface area contributed by atoms with Crippen LogP contribution in [-0.4, -0.2) is 6.85 Å². The lowest BCUT2D eigenvalue weighted by Gasteiger charge is -2.47. The van der Waals surface area contributed by atoms with Gasteiger partial charge < -0.3 is 9.71 Å². The van der Waals surface area contributed by atoms with E-state index in [2.05, 4.69) is 271 Å². The summed E-state index contributed by atoms with van der Waals surface area (Å²) >= 11 is 0. The minimum atomic E-state index is -0.166. The molecule has 10 aromatic carbocycles. The number of unbranched alkanes of at least 4 members (excludes halogenated alkanes) is 4. The molecule has 0 N–H and O–H groups in total. The summed E-state index contributed by atoms with van der Waals surface area (Å²) in [7, 11) is 0. The zero-order valence-electron chi connectivity index (χ0n) is 54.3. The van der Waals surface area contributed by atoms with E-state index < -0.39 is 0 Å². The molecule has 0 spiro atoms. The summed E-state index contributed by atoms with van der Waals surface area (Å²) in [6, 6.07) is 82.3. The molecule has 89 heavy (non-hydrogen) atoms. The highest BCUT2D eigenvalue weighted by Gasteiger charge is 2.48. The van der Waals surface area contributed by atoms with E-state index in [0.717, 1.165) is 44.9 Å². The van der Waals surface area contributed by atoms with Gasteiger partial charge in [-0.3, -0.25) is 0 Å². The summed E-state index contributed by atoms with van der Waals surface area (Å²) in [4.78, 5) is 5.56. The second-order valence-corrected chi connectivity index (χ2v) is 28.0. The lowest BCUT2D eigenvalue weighted by atomic mass is 9.43. The number of hydrogen-bond acceptors (Lipinski definition) is 2. The summed E-state index contributed by atoms with van der Waals surface area (Å²) < 4.78 is 0. The van der Waals surface area contributed by atoms with Gasteiger partial charge in [-0.05, 0) is 230 Å². The Hall–Kier alpha value is -8.14. The molecule has 0 amide bonds. The van der Waals surface area contributed by atoms with Crippen molar-refractivity contribution in [2.45, 2.75) is 168 Å². The van der Waals surface area contributed by atoms with Crippen molar-refractivity contribution in [2.75, 3.05) is 9.71 Å². The zero-order valence-corrected chi connectivity index (χ0v) is 54.3. The maximum atomic E-state index is 2.83. The second kappa shape index (κ2) is 24.3. The van der Waals surface area contributed by atoms with Crippen molar-refractivity contribution in [2.24, 2.45) is 0 Å². The zero-order chi connectivity index (χ0) is 61.0. The molecular weight excluding hydrogens is 1070 g/mol. The van der Waals surface area contributed by atoms with Gasteiger partial charge >= 0.3 is 6.85 Å². The first-order chi connectivity index (χ1) is 43.4. The molecule has 0 saturated carbocycles. The van der Waals surface area contributed by atoms with Gasteiger partial charge in [0.1, 0.15) is 0 Å². The van der Waals surface area contributed by atoms with Crippen LogP contribution >= 0.6 is 0 Å². The molecule has 0 unspecified atom stereocenters. The summed E-state index contributed by atoms with van der Waals surface area (Å²) in [5.41, 5.74) is 35.0. The van der Waals surface area contributed by atoms with Crippen molar-refractivity contribution < 1.29 is 0 Å². The molecule has 2 aliphatic carbocycles. The number of aryl methyl sites for hydroxylation is 4. The molecule has 2 nitrogen and oxygen atoms in total. The van der Waals surface area contributed by atoms with Crippen molar-refractivity contribution in [3.8, 4) is 44.5 Å². The van der Waals surface area contributed by atoms with E-state index in [1.54, 1.807) is 5.56 Å². The highest BCUT2D eigenvalue weighted by atomic mass is 15.2. The largest absolute Gasteiger partial charge is 0.376 e. The van der Waals surface area contributed by atoms with Gasteiger partial charge in [-0.1, -0.05) is 239 Å². The van der Waals surface area contributed by atoms with Crippen LogP contribution < -0.4 is 20.6 Å². The van der Waals surface area contributed by atoms with Crippen molar-refractivity contribution in [3.05, 3.63) is 267 Å². The molecule has 2 aliphatic heterocycles. The Kier molecular flexibility index (Phi) is 16.0. The van der Waals surface area contributed by atoms with E-state index in [4.69, 9.17) is 0 Å². The number of nitrogens with zero attached hydrogens (tertiary/aromatic N) is 2. The quantitative estimate of drug-likeness (QED) is 0.0588. The molecule has 2 heterocycles. The van der Waals surface area contributed by atoms with Gasteiger partial charge in [0.25, 0.3) is 0 Å². The van der Waals surface area contributed by atoms with Crippen LogP contribution in [0.4, 0.5) is 28.4 Å². The fraction of sp³-hybridized carbons (Fsp3) is 0.302.